The van der Waals surface area contributed by atoms with Crippen LogP contribution in [0.5, 0.6) is 0 Å². The summed E-state index contributed by atoms with van der Waals surface area (Å²) in [4.78, 5) is 23.5. The van der Waals surface area contributed by atoms with Gasteiger partial charge in [0, 0.05) is 0 Å². The van der Waals surface area contributed by atoms with Gasteiger partial charge >= 0.3 is 25.1 Å². The van der Waals surface area contributed by atoms with E-state index in [-0.39, 0.29) is 0 Å². The van der Waals surface area contributed by atoms with E-state index in [0.29, 0.717) is 0 Å². The van der Waals surface area contributed by atoms with Gasteiger partial charge in [0.15, 0.2) is 0 Å². The van der Waals surface area contributed by atoms with Crippen molar-refractivity contribution in [1.82, 2.24) is 0 Å². The zero-order chi connectivity index (χ0) is 5.91. The maximum atomic E-state index is 11.0. The number of rotatable bonds is 2. The molecule has 0 spiro atoms. The van der Waals surface area contributed by atoms with Gasteiger partial charge in [0.25, 0.3) is 0 Å². The van der Waals surface area contributed by atoms with Gasteiger partial charge in [-0.05, 0) is 0 Å². The minimum Gasteiger partial charge on any atom is -0.458 e. The van der Waals surface area contributed by atoms with Crippen LogP contribution >= 0.6 is 0 Å². The smallest absolute Gasteiger partial charge is 0.458 e. The Labute approximate surface area is 47.2 Å². The molecule has 0 atom stereocenters. The molecule has 3 N–H and O–H groups in total. The lowest BCUT2D eigenvalue weighted by atomic mass is 15.7. The SMILES string of the molecule is O[Si](O)(O)[O][AlH][F]. The maximum Gasteiger partial charge on any atom is 0.685 e. The molecule has 0 aromatic carbocycles. The van der Waals surface area contributed by atoms with E-state index in [2.05, 4.69) is 3.48 Å². The van der Waals surface area contributed by atoms with Crippen molar-refractivity contribution in [1.29, 1.82) is 0 Å². The summed E-state index contributed by atoms with van der Waals surface area (Å²) < 4.78 is 14.5. The first-order chi connectivity index (χ1) is 3.06. The molecule has 0 fully saturated rings. The van der Waals surface area contributed by atoms with Crippen LogP contribution in [0.15, 0.2) is 0 Å². The summed E-state index contributed by atoms with van der Waals surface area (Å²) in [6.07, 6.45) is 0. The van der Waals surface area contributed by atoms with Gasteiger partial charge in [-0.25, -0.2) is 0 Å². The number of halogens is 1. The van der Waals surface area contributed by atoms with Crippen molar-refractivity contribution in [2.75, 3.05) is 0 Å². The van der Waals surface area contributed by atoms with Crippen molar-refractivity contribution in [3.05, 3.63) is 0 Å². The molecule has 7 heavy (non-hydrogen) atoms. The van der Waals surface area contributed by atoms with Gasteiger partial charge in [0.2, 0.25) is 0 Å². The van der Waals surface area contributed by atoms with Crippen LogP contribution in [0.2, 0.25) is 0 Å². The predicted molar refractivity (Wildman–Crippen MR) is 21.8 cm³/mol. The molecule has 0 aromatic heterocycles. The van der Waals surface area contributed by atoms with Crippen LogP contribution < -0.4 is 0 Å². The molecule has 42 valence electrons. The Morgan fingerprint density at radius 3 is 1.86 bits per heavy atom. The second-order valence-corrected chi connectivity index (χ2v) is 3.35. The van der Waals surface area contributed by atoms with Crippen LogP contribution in [0.4, 0.5) is 3.52 Å². The van der Waals surface area contributed by atoms with Gasteiger partial charge in [0.05, 0.1) is 0 Å². The topological polar surface area (TPSA) is 69.9 Å². The molecule has 0 aromatic rings. The van der Waals surface area contributed by atoms with Gasteiger partial charge in [0.1, 0.15) is 0 Å². The molecule has 0 aliphatic heterocycles. The van der Waals surface area contributed by atoms with Gasteiger partial charge in [-0.1, -0.05) is 0 Å². The highest BCUT2D eigenvalue weighted by Gasteiger charge is 2.29. The first-order valence-corrected chi connectivity index (χ1v) is 4.29. The number of hydrogen-bond acceptors (Lipinski definition) is 4. The Hall–Kier alpha value is 0.519. The van der Waals surface area contributed by atoms with Gasteiger partial charge < -0.3 is 21.4 Å². The average molecular weight is 142 g/mol. The third-order valence-corrected chi connectivity index (χ3v) is 2.23. The van der Waals surface area contributed by atoms with Gasteiger partial charge in [-0.2, -0.15) is 0 Å². The highest BCUT2D eigenvalue weighted by molar-refractivity contribution is 6.54. The summed E-state index contributed by atoms with van der Waals surface area (Å²) in [6, 6.07) is 0. The Balaban J connectivity index is 3.15. The Kier molecular flexibility index (Phi) is 2.94. The number of hydrogen-bond donors (Lipinski definition) is 3. The molecule has 0 amide bonds. The molecule has 0 bridgehead atoms. The van der Waals surface area contributed by atoms with Crippen LogP contribution in [-0.2, 0) is 3.48 Å². The molecule has 0 radical (unpaired) electrons. The molecule has 0 unspecified atom stereocenters. The highest BCUT2D eigenvalue weighted by Crippen LogP contribution is 1.84. The Morgan fingerprint density at radius 2 is 1.86 bits per heavy atom. The molecule has 0 aliphatic carbocycles. The first kappa shape index (κ1) is 7.52. The van der Waals surface area contributed by atoms with Crippen LogP contribution in [0.1, 0.15) is 0 Å². The third-order valence-electron chi connectivity index (χ3n) is 0.248. The minimum atomic E-state index is -4.47. The molecular weight excluding hydrogens is 138 g/mol. The van der Waals surface area contributed by atoms with Gasteiger partial charge in [-0.15, -0.1) is 0 Å². The highest BCUT2D eigenvalue weighted by atomic mass is 28.4. The zero-order valence-corrected chi connectivity index (χ0v) is 5.75. The summed E-state index contributed by atoms with van der Waals surface area (Å²) >= 11 is -2.38. The Morgan fingerprint density at radius 1 is 1.43 bits per heavy atom. The summed E-state index contributed by atoms with van der Waals surface area (Å²) in [5.41, 5.74) is 0. The average Bonchev–Trinajstić information content (AvgIpc) is 1.30. The third kappa shape index (κ3) is 6.52. The zero-order valence-electron chi connectivity index (χ0n) is 3.33. The van der Waals surface area contributed by atoms with Crippen molar-refractivity contribution in [2.45, 2.75) is 0 Å². The standard InChI is InChI=1S/Al.FH.H3O4Si.H/c;;1-5(2,3)4;/h;1H;1-3H;/q+2;;-1;/p-1. The summed E-state index contributed by atoms with van der Waals surface area (Å²) in [5.74, 6) is 0. The van der Waals surface area contributed by atoms with E-state index in [1.807, 2.05) is 0 Å². The van der Waals surface area contributed by atoms with Crippen LogP contribution in [-0.4, -0.2) is 39.4 Å². The fourth-order valence-corrected chi connectivity index (χ4v) is 0.659. The van der Waals surface area contributed by atoms with E-state index >= 15 is 0 Å². The lowest BCUT2D eigenvalue weighted by Gasteiger charge is -2.04. The van der Waals surface area contributed by atoms with Crippen LogP contribution in [0.3, 0.4) is 0 Å². The summed E-state index contributed by atoms with van der Waals surface area (Å²) in [5, 5.41) is 0. The van der Waals surface area contributed by atoms with E-state index < -0.39 is 25.1 Å². The second kappa shape index (κ2) is 2.74. The normalized spacial score (nSPS) is 11.4. The van der Waals surface area contributed by atoms with Crippen LogP contribution in [0.25, 0.3) is 0 Å². The van der Waals surface area contributed by atoms with E-state index in [9.17, 15) is 3.52 Å². The van der Waals surface area contributed by atoms with E-state index in [1.165, 1.54) is 0 Å². The Bertz CT molecular complexity index is 50.1. The predicted octanol–water partition coefficient (Wildman–Crippen LogP) is -2.35. The molecule has 0 aliphatic rings. The first-order valence-electron chi connectivity index (χ1n) is 1.43. The quantitative estimate of drug-likeness (QED) is 0.377. The van der Waals surface area contributed by atoms with Crippen molar-refractivity contribution in [3.63, 3.8) is 0 Å². The molecule has 0 rings (SSSR count). The van der Waals surface area contributed by atoms with Crippen molar-refractivity contribution in [3.8, 4) is 0 Å². The van der Waals surface area contributed by atoms with E-state index in [4.69, 9.17) is 14.4 Å². The molecular formula is H4AlFO4Si. The van der Waals surface area contributed by atoms with Crippen molar-refractivity contribution < 1.29 is 21.4 Å². The molecule has 0 heterocycles. The maximum absolute atomic E-state index is 11.0. The summed E-state index contributed by atoms with van der Waals surface area (Å²) in [6.45, 7) is 0. The minimum absolute atomic E-state index is 2.38. The van der Waals surface area contributed by atoms with Gasteiger partial charge in [-0.3, -0.25) is 0 Å². The van der Waals surface area contributed by atoms with Crippen LogP contribution in [0, 0.1) is 0 Å². The molecule has 4 nitrogen and oxygen atoms in total. The molecule has 7 heteroatoms. The lowest BCUT2D eigenvalue weighted by molar-refractivity contribution is 0.127. The van der Waals surface area contributed by atoms with E-state index in [0.717, 1.165) is 0 Å². The largest absolute Gasteiger partial charge is 0.685 e. The fourth-order valence-electron chi connectivity index (χ4n) is 0.0732. The summed E-state index contributed by atoms with van der Waals surface area (Å²) in [7, 11) is -4.47. The van der Waals surface area contributed by atoms with Crippen molar-refractivity contribution >= 4 is 25.1 Å². The molecule has 0 saturated heterocycles. The monoisotopic (exact) mass is 142 g/mol. The molecule has 0 saturated carbocycles. The fraction of sp³-hybridized carbons (Fsp3) is 0. The van der Waals surface area contributed by atoms with Crippen molar-refractivity contribution in [2.24, 2.45) is 0 Å². The lowest BCUT2D eigenvalue weighted by Crippen LogP contribution is -2.39. The second-order valence-electron chi connectivity index (χ2n) is 0.827. The van der Waals surface area contributed by atoms with E-state index in [1.54, 1.807) is 0 Å².